The van der Waals surface area contributed by atoms with Crippen LogP contribution in [0.15, 0.2) is 73.1 Å². The zero-order valence-corrected chi connectivity index (χ0v) is 22.9. The van der Waals surface area contributed by atoms with Gasteiger partial charge in [-0.15, -0.1) is 0 Å². The minimum absolute atomic E-state index is 0.278. The maximum atomic E-state index is 9.28. The predicted octanol–water partition coefficient (Wildman–Crippen LogP) is 5.79. The summed E-state index contributed by atoms with van der Waals surface area (Å²) in [7, 11) is 3.28. The van der Waals surface area contributed by atoms with Gasteiger partial charge in [0.05, 0.1) is 31.5 Å². The summed E-state index contributed by atoms with van der Waals surface area (Å²) in [6.45, 7) is 1.86. The van der Waals surface area contributed by atoms with Crippen LogP contribution in [0, 0.1) is 11.3 Å². The van der Waals surface area contributed by atoms with Crippen LogP contribution in [0.25, 0.3) is 27.9 Å². The van der Waals surface area contributed by atoms with Gasteiger partial charge in [0.1, 0.15) is 23.3 Å². The molecule has 9 heteroatoms. The van der Waals surface area contributed by atoms with Crippen molar-refractivity contribution in [2.24, 2.45) is 0 Å². The van der Waals surface area contributed by atoms with Gasteiger partial charge in [0.2, 0.25) is 0 Å². The summed E-state index contributed by atoms with van der Waals surface area (Å²) in [4.78, 5) is 4.38. The average molecular weight is 547 g/mol. The number of piperidine rings is 1. The molecule has 9 nitrogen and oxygen atoms in total. The van der Waals surface area contributed by atoms with Gasteiger partial charge >= 0.3 is 0 Å². The highest BCUT2D eigenvalue weighted by molar-refractivity contribution is 5.96. The van der Waals surface area contributed by atoms with Crippen molar-refractivity contribution in [2.45, 2.75) is 18.8 Å². The van der Waals surface area contributed by atoms with E-state index in [2.05, 4.69) is 28.5 Å². The summed E-state index contributed by atoms with van der Waals surface area (Å²) in [6.07, 6.45) is 3.46. The van der Waals surface area contributed by atoms with Gasteiger partial charge in [-0.1, -0.05) is 12.1 Å². The molecule has 6 rings (SSSR count). The number of hydrogen-bond acceptors (Lipinski definition) is 8. The molecule has 1 aliphatic rings. The van der Waals surface area contributed by atoms with Gasteiger partial charge in [-0.2, -0.15) is 10.4 Å². The van der Waals surface area contributed by atoms with E-state index in [1.165, 1.54) is 11.9 Å². The summed E-state index contributed by atoms with van der Waals surface area (Å²) in [5, 5.41) is 17.5. The number of methoxy groups -OCH3 is 2. The van der Waals surface area contributed by atoms with E-state index in [-0.39, 0.29) is 5.92 Å². The van der Waals surface area contributed by atoms with Gasteiger partial charge in [-0.25, -0.2) is 9.50 Å². The van der Waals surface area contributed by atoms with Crippen LogP contribution in [-0.4, -0.2) is 41.9 Å². The number of benzene rings is 3. The molecule has 0 aliphatic carbocycles. The number of nitrogens with zero attached hydrogens (tertiary/aromatic N) is 4. The molecule has 41 heavy (non-hydrogen) atoms. The van der Waals surface area contributed by atoms with Crippen molar-refractivity contribution in [3.05, 3.63) is 84.2 Å². The van der Waals surface area contributed by atoms with E-state index in [1.807, 2.05) is 40.9 Å². The fourth-order valence-corrected chi connectivity index (χ4v) is 5.62. The van der Waals surface area contributed by atoms with E-state index in [9.17, 15) is 5.26 Å². The van der Waals surface area contributed by atoms with Crippen LogP contribution in [0.2, 0.25) is 0 Å². The second-order valence-electron chi connectivity index (χ2n) is 9.90. The Labute approximate surface area is 238 Å². The fraction of sp³-hybridized carbons (Fsp3) is 0.219. The fourth-order valence-electron chi connectivity index (χ4n) is 5.62. The number of hydrogen-bond donors (Lipinski definition) is 2. The molecular formula is C32H30N6O3. The molecule has 2 aromatic heterocycles. The molecule has 0 amide bonds. The van der Waals surface area contributed by atoms with Gasteiger partial charge in [-0.3, -0.25) is 0 Å². The first-order chi connectivity index (χ1) is 20.1. The van der Waals surface area contributed by atoms with E-state index < -0.39 is 0 Å². The predicted molar refractivity (Wildman–Crippen MR) is 157 cm³/mol. The lowest BCUT2D eigenvalue weighted by Crippen LogP contribution is -2.27. The van der Waals surface area contributed by atoms with E-state index in [4.69, 9.17) is 25.0 Å². The van der Waals surface area contributed by atoms with Crippen LogP contribution in [0.3, 0.4) is 0 Å². The Morgan fingerprint density at radius 1 is 0.927 bits per heavy atom. The normalized spacial score (nSPS) is 13.6. The third-order valence-electron chi connectivity index (χ3n) is 7.55. The Morgan fingerprint density at radius 2 is 1.71 bits per heavy atom. The number of nitriles is 1. The molecule has 0 unspecified atom stereocenters. The molecule has 0 atom stereocenters. The maximum Gasteiger partial charge on any atom is 0.169 e. The standard InChI is InChI=1S/C32H30N6O3/c1-39-24-9-6-22(7-10-24)30-28(21-12-14-35-15-13-21)29(31-32(34)36-19-37-38(30)31)23-8-11-26(27(17-23)40-2)41-25-5-3-4-20(16-25)18-33/h3-11,16-17,19,21,35H,12-15H2,1-2H3,(H2,34,36,37). The lowest BCUT2D eigenvalue weighted by molar-refractivity contribution is 0.379. The first-order valence-corrected chi connectivity index (χ1v) is 13.5. The smallest absolute Gasteiger partial charge is 0.169 e. The number of nitrogens with two attached hydrogens (primary N) is 1. The monoisotopic (exact) mass is 546 g/mol. The highest BCUT2D eigenvalue weighted by Crippen LogP contribution is 2.47. The molecule has 206 valence electrons. The maximum absolute atomic E-state index is 9.28. The molecule has 3 heterocycles. The van der Waals surface area contributed by atoms with Crippen LogP contribution < -0.4 is 25.3 Å². The topological polar surface area (TPSA) is 120 Å². The first-order valence-electron chi connectivity index (χ1n) is 13.5. The molecule has 3 N–H and O–H groups in total. The highest BCUT2D eigenvalue weighted by Gasteiger charge is 2.30. The van der Waals surface area contributed by atoms with Crippen molar-refractivity contribution in [3.8, 4) is 51.5 Å². The number of nitrogens with one attached hydrogen (secondary N) is 1. The van der Waals surface area contributed by atoms with Crippen molar-refractivity contribution in [1.29, 1.82) is 5.26 Å². The molecule has 0 bridgehead atoms. The lowest BCUT2D eigenvalue weighted by Gasteiger charge is -2.25. The first kappa shape index (κ1) is 26.2. The molecule has 1 fully saturated rings. The van der Waals surface area contributed by atoms with Crippen molar-refractivity contribution in [2.75, 3.05) is 33.0 Å². The van der Waals surface area contributed by atoms with Crippen LogP contribution in [0.1, 0.15) is 29.9 Å². The van der Waals surface area contributed by atoms with Crippen molar-refractivity contribution in [3.63, 3.8) is 0 Å². The van der Waals surface area contributed by atoms with Crippen molar-refractivity contribution in [1.82, 2.24) is 19.9 Å². The quantitative estimate of drug-likeness (QED) is 0.263. The van der Waals surface area contributed by atoms with Gasteiger partial charge in [0, 0.05) is 11.1 Å². The Hall–Kier alpha value is -5.07. The molecular weight excluding hydrogens is 516 g/mol. The summed E-state index contributed by atoms with van der Waals surface area (Å²) in [5.41, 5.74) is 12.9. The number of fused-ring (bicyclic) bond motifs is 1. The van der Waals surface area contributed by atoms with E-state index in [0.717, 1.165) is 59.6 Å². The number of nitrogen functional groups attached to an aromatic ring is 1. The Morgan fingerprint density at radius 3 is 2.44 bits per heavy atom. The number of aromatic nitrogens is 3. The van der Waals surface area contributed by atoms with Gasteiger partial charge < -0.3 is 25.3 Å². The minimum atomic E-state index is 0.278. The Balaban J connectivity index is 1.56. The second kappa shape index (κ2) is 11.2. The van der Waals surface area contributed by atoms with Gasteiger partial charge in [0.25, 0.3) is 0 Å². The van der Waals surface area contributed by atoms with E-state index >= 15 is 0 Å². The molecule has 1 aliphatic heterocycles. The second-order valence-corrected chi connectivity index (χ2v) is 9.90. The lowest BCUT2D eigenvalue weighted by atomic mass is 9.84. The SMILES string of the molecule is COc1ccc(-c2c(C3CCNCC3)c(-c3ccc(Oc4cccc(C#N)c4)c(OC)c3)c3c(N)ncnn23)cc1. The zero-order chi connectivity index (χ0) is 28.3. The molecule has 0 spiro atoms. The van der Waals surface area contributed by atoms with Crippen LogP contribution in [0.4, 0.5) is 5.82 Å². The molecule has 1 saturated heterocycles. The summed E-state index contributed by atoms with van der Waals surface area (Å²) in [5.74, 6) is 3.12. The Kier molecular flexibility index (Phi) is 7.15. The largest absolute Gasteiger partial charge is 0.497 e. The molecule has 3 aromatic carbocycles. The summed E-state index contributed by atoms with van der Waals surface area (Å²) < 4.78 is 19.3. The third kappa shape index (κ3) is 4.90. The Bertz CT molecular complexity index is 1750. The average Bonchev–Trinajstić information content (AvgIpc) is 3.38. The van der Waals surface area contributed by atoms with E-state index in [0.29, 0.717) is 28.6 Å². The molecule has 0 saturated carbocycles. The van der Waals surface area contributed by atoms with Gasteiger partial charge in [0.15, 0.2) is 17.3 Å². The summed E-state index contributed by atoms with van der Waals surface area (Å²) in [6, 6.07) is 23.1. The highest BCUT2D eigenvalue weighted by atomic mass is 16.5. The van der Waals surface area contributed by atoms with E-state index in [1.54, 1.807) is 32.4 Å². The third-order valence-corrected chi connectivity index (χ3v) is 7.55. The van der Waals surface area contributed by atoms with Crippen LogP contribution >= 0.6 is 0 Å². The number of rotatable bonds is 7. The zero-order valence-electron chi connectivity index (χ0n) is 22.9. The number of anilines is 1. The van der Waals surface area contributed by atoms with Crippen LogP contribution in [-0.2, 0) is 0 Å². The van der Waals surface area contributed by atoms with Gasteiger partial charge in [-0.05, 0) is 97.6 Å². The minimum Gasteiger partial charge on any atom is -0.497 e. The molecule has 5 aromatic rings. The van der Waals surface area contributed by atoms with Crippen molar-refractivity contribution < 1.29 is 14.2 Å². The molecule has 0 radical (unpaired) electrons. The number of ether oxygens (including phenoxy) is 3. The van der Waals surface area contributed by atoms with Crippen molar-refractivity contribution >= 4 is 11.3 Å². The van der Waals surface area contributed by atoms with Crippen LogP contribution in [0.5, 0.6) is 23.0 Å². The summed E-state index contributed by atoms with van der Waals surface area (Å²) >= 11 is 0.